The first-order valence-electron chi connectivity index (χ1n) is 4.57. The fourth-order valence-corrected chi connectivity index (χ4v) is 0.843. The highest BCUT2D eigenvalue weighted by Gasteiger charge is 1.90. The Bertz CT molecular complexity index is 95.3. The van der Waals surface area contributed by atoms with E-state index >= 15 is 0 Å². The second-order valence-corrected chi connectivity index (χ2v) is 2.88. The van der Waals surface area contributed by atoms with Crippen molar-refractivity contribution < 1.29 is 19.0 Å². The van der Waals surface area contributed by atoms with Crippen LogP contribution < -0.4 is 5.90 Å². The average molecular weight is 225 g/mol. The minimum Gasteiger partial charge on any atom is -0.378 e. The molecule has 0 heterocycles. The number of nitrogens with two attached hydrogens (primary N) is 1. The van der Waals surface area contributed by atoms with E-state index in [4.69, 9.17) is 20.1 Å². The van der Waals surface area contributed by atoms with E-state index in [9.17, 15) is 0 Å². The van der Waals surface area contributed by atoms with Gasteiger partial charge >= 0.3 is 0 Å². The molecule has 0 spiro atoms. The van der Waals surface area contributed by atoms with E-state index in [0.29, 0.717) is 46.2 Å². The molecule has 2 N–H and O–H groups in total. The summed E-state index contributed by atoms with van der Waals surface area (Å²) in [7, 11) is 0. The molecule has 0 amide bonds. The zero-order valence-electron chi connectivity index (χ0n) is 8.31. The summed E-state index contributed by atoms with van der Waals surface area (Å²) in [5.74, 6) is 5.54. The summed E-state index contributed by atoms with van der Waals surface area (Å²) >= 11 is 4.00. The number of ether oxygens (including phenoxy) is 3. The predicted octanol–water partition coefficient (Wildman–Crippen LogP) is -0.144. The Balaban J connectivity index is 2.78. The number of hydrogen-bond acceptors (Lipinski definition) is 6. The fourth-order valence-electron chi connectivity index (χ4n) is 0.713. The van der Waals surface area contributed by atoms with Gasteiger partial charge in [0.25, 0.3) is 0 Å². The highest BCUT2D eigenvalue weighted by atomic mass is 32.1. The van der Waals surface area contributed by atoms with Crippen LogP contribution >= 0.6 is 12.6 Å². The molecule has 0 aromatic rings. The van der Waals surface area contributed by atoms with Gasteiger partial charge in [0.15, 0.2) is 0 Å². The summed E-state index contributed by atoms with van der Waals surface area (Å²) in [5, 5.41) is 0. The van der Waals surface area contributed by atoms with E-state index in [1.807, 2.05) is 0 Å². The summed E-state index contributed by atoms with van der Waals surface area (Å²) in [5.41, 5.74) is 0. The Morgan fingerprint density at radius 1 is 0.714 bits per heavy atom. The Hall–Kier alpha value is 0.150. The van der Waals surface area contributed by atoms with Crippen LogP contribution in [0.25, 0.3) is 0 Å². The molecule has 0 fully saturated rings. The van der Waals surface area contributed by atoms with Crippen LogP contribution in [0.4, 0.5) is 0 Å². The second kappa shape index (κ2) is 13.2. The summed E-state index contributed by atoms with van der Waals surface area (Å²) in [6.45, 7) is 3.87. The standard InChI is InChI=1S/C8H19NO4S/c9-13-6-5-11-2-1-10-3-4-12-7-8-14/h14H,1-9H2. The zero-order valence-corrected chi connectivity index (χ0v) is 9.21. The van der Waals surface area contributed by atoms with E-state index in [1.165, 1.54) is 0 Å². The van der Waals surface area contributed by atoms with Crippen molar-refractivity contribution in [2.24, 2.45) is 5.90 Å². The molecule has 5 nitrogen and oxygen atoms in total. The molecule has 6 heteroatoms. The molecule has 0 aliphatic rings. The Morgan fingerprint density at radius 3 is 1.57 bits per heavy atom. The second-order valence-electron chi connectivity index (χ2n) is 2.43. The molecule has 0 aliphatic heterocycles. The molecule has 0 aliphatic carbocycles. The highest BCUT2D eigenvalue weighted by Crippen LogP contribution is 1.82. The maximum atomic E-state index is 5.21. The van der Waals surface area contributed by atoms with Crippen LogP contribution in [0.3, 0.4) is 0 Å². The zero-order chi connectivity index (χ0) is 10.5. The molecule has 0 bridgehead atoms. The third-order valence-corrected chi connectivity index (χ3v) is 1.51. The summed E-state index contributed by atoms with van der Waals surface area (Å²) in [6, 6.07) is 0. The largest absolute Gasteiger partial charge is 0.378 e. The molecule has 14 heavy (non-hydrogen) atoms. The van der Waals surface area contributed by atoms with Gasteiger partial charge in [0.2, 0.25) is 0 Å². The topological polar surface area (TPSA) is 62.9 Å². The quantitative estimate of drug-likeness (QED) is 0.291. The van der Waals surface area contributed by atoms with Crippen molar-refractivity contribution in [1.82, 2.24) is 0 Å². The van der Waals surface area contributed by atoms with E-state index < -0.39 is 0 Å². The first-order chi connectivity index (χ1) is 6.91. The lowest BCUT2D eigenvalue weighted by atomic mass is 10.7. The number of thiol groups is 1. The summed E-state index contributed by atoms with van der Waals surface area (Å²) in [6.07, 6.45) is 0. The van der Waals surface area contributed by atoms with E-state index in [1.54, 1.807) is 0 Å². The SMILES string of the molecule is NOCCOCCOCCOCCS. The maximum absolute atomic E-state index is 5.21. The molecule has 0 saturated heterocycles. The molecular weight excluding hydrogens is 206 g/mol. The van der Waals surface area contributed by atoms with Crippen LogP contribution in [0.15, 0.2) is 0 Å². The lowest BCUT2D eigenvalue weighted by Crippen LogP contribution is -2.13. The minimum atomic E-state index is 0.408. The highest BCUT2D eigenvalue weighted by molar-refractivity contribution is 7.80. The van der Waals surface area contributed by atoms with E-state index in [2.05, 4.69) is 17.5 Å². The van der Waals surface area contributed by atoms with Gasteiger partial charge in [-0.2, -0.15) is 12.6 Å². The molecule has 0 aromatic carbocycles. The van der Waals surface area contributed by atoms with Crippen LogP contribution in [-0.4, -0.2) is 52.0 Å². The average Bonchev–Trinajstić information content (AvgIpc) is 2.21. The van der Waals surface area contributed by atoms with Gasteiger partial charge in [-0.25, -0.2) is 5.90 Å². The molecule has 0 atom stereocenters. The minimum absolute atomic E-state index is 0.408. The van der Waals surface area contributed by atoms with E-state index in [0.717, 1.165) is 5.75 Å². The number of rotatable bonds is 11. The Kier molecular flexibility index (Phi) is 13.3. The van der Waals surface area contributed by atoms with Crippen molar-refractivity contribution >= 4 is 12.6 Å². The van der Waals surface area contributed by atoms with Gasteiger partial charge < -0.3 is 19.0 Å². The van der Waals surface area contributed by atoms with Crippen LogP contribution in [-0.2, 0) is 19.0 Å². The van der Waals surface area contributed by atoms with Crippen molar-refractivity contribution in [3.05, 3.63) is 0 Å². The molecule has 0 radical (unpaired) electrons. The third kappa shape index (κ3) is 12.2. The van der Waals surface area contributed by atoms with Gasteiger partial charge in [-0.05, 0) is 0 Å². The Labute approximate surface area is 90.2 Å². The van der Waals surface area contributed by atoms with Crippen LogP contribution in [0.5, 0.6) is 0 Å². The van der Waals surface area contributed by atoms with Crippen LogP contribution in [0.1, 0.15) is 0 Å². The number of hydrogen-bond donors (Lipinski definition) is 2. The van der Waals surface area contributed by atoms with Crippen molar-refractivity contribution in [3.8, 4) is 0 Å². The van der Waals surface area contributed by atoms with Gasteiger partial charge in [-0.1, -0.05) is 0 Å². The monoisotopic (exact) mass is 225 g/mol. The summed E-state index contributed by atoms with van der Waals surface area (Å²) < 4.78 is 15.5. The van der Waals surface area contributed by atoms with Crippen molar-refractivity contribution in [2.45, 2.75) is 0 Å². The molecular formula is C8H19NO4S. The summed E-state index contributed by atoms with van der Waals surface area (Å²) in [4.78, 5) is 4.32. The normalized spacial score (nSPS) is 10.7. The van der Waals surface area contributed by atoms with Gasteiger partial charge in [-0.3, -0.25) is 0 Å². The van der Waals surface area contributed by atoms with Gasteiger partial charge in [-0.15, -0.1) is 0 Å². The third-order valence-electron chi connectivity index (χ3n) is 1.33. The first-order valence-corrected chi connectivity index (χ1v) is 5.21. The Morgan fingerprint density at radius 2 is 1.14 bits per heavy atom. The first kappa shape index (κ1) is 14.2. The van der Waals surface area contributed by atoms with Gasteiger partial charge in [0, 0.05) is 5.75 Å². The van der Waals surface area contributed by atoms with Crippen LogP contribution in [0, 0.1) is 0 Å². The van der Waals surface area contributed by atoms with Crippen molar-refractivity contribution in [3.63, 3.8) is 0 Å². The predicted molar refractivity (Wildman–Crippen MR) is 56.4 cm³/mol. The van der Waals surface area contributed by atoms with Crippen molar-refractivity contribution in [1.29, 1.82) is 0 Å². The molecule has 86 valence electrons. The van der Waals surface area contributed by atoms with Gasteiger partial charge in [0.05, 0.1) is 46.2 Å². The molecule has 0 aromatic heterocycles. The van der Waals surface area contributed by atoms with Crippen molar-refractivity contribution in [2.75, 3.05) is 52.0 Å². The van der Waals surface area contributed by atoms with Crippen LogP contribution in [0.2, 0.25) is 0 Å². The lowest BCUT2D eigenvalue weighted by molar-refractivity contribution is -0.000440. The molecule has 0 saturated carbocycles. The molecule has 0 unspecified atom stereocenters. The fraction of sp³-hybridized carbons (Fsp3) is 1.00. The lowest BCUT2D eigenvalue weighted by Gasteiger charge is -2.05. The van der Waals surface area contributed by atoms with Gasteiger partial charge in [0.1, 0.15) is 0 Å². The maximum Gasteiger partial charge on any atom is 0.0913 e. The van der Waals surface area contributed by atoms with E-state index in [-0.39, 0.29) is 0 Å². The smallest absolute Gasteiger partial charge is 0.0913 e. The molecule has 0 rings (SSSR count).